The van der Waals surface area contributed by atoms with Gasteiger partial charge in [-0.3, -0.25) is 4.40 Å². The largest absolute Gasteiger partial charge is 0.363 e. The van der Waals surface area contributed by atoms with E-state index < -0.39 is 0 Å². The molecular weight excluding hydrogens is 312 g/mol. The van der Waals surface area contributed by atoms with E-state index in [1.54, 1.807) is 6.20 Å². The maximum absolute atomic E-state index is 4.39. The molecule has 25 heavy (non-hydrogen) atoms. The molecule has 0 amide bonds. The van der Waals surface area contributed by atoms with Gasteiger partial charge in [0.15, 0.2) is 5.82 Å². The molecule has 0 aliphatic heterocycles. The van der Waals surface area contributed by atoms with Crippen molar-refractivity contribution in [3.63, 3.8) is 0 Å². The molecule has 0 saturated carbocycles. The second kappa shape index (κ2) is 6.60. The lowest BCUT2D eigenvalue weighted by Gasteiger charge is -2.09. The van der Waals surface area contributed by atoms with E-state index >= 15 is 0 Å². The number of hydrogen-bond acceptors (Lipinski definition) is 5. The van der Waals surface area contributed by atoms with Crippen molar-refractivity contribution in [2.24, 2.45) is 0 Å². The van der Waals surface area contributed by atoms with Crippen LogP contribution < -0.4 is 10.6 Å². The number of benzene rings is 2. The average molecular weight is 330 g/mol. The number of nitrogens with zero attached hydrogens (tertiary/aromatic N) is 4. The standard InChI is InChI=1S/C19H18N6/c1-20-19-24-23-18-17(21-10-11-25(18)19)22-13-14-6-5-9-16(12-14)15-7-3-2-4-8-15/h2-12H,13H2,1H3,(H,20,24)(H,21,22). The molecule has 2 heterocycles. The Morgan fingerprint density at radius 1 is 0.960 bits per heavy atom. The Morgan fingerprint density at radius 3 is 2.64 bits per heavy atom. The molecule has 0 saturated heterocycles. The van der Waals surface area contributed by atoms with Crippen LogP contribution in [0.3, 0.4) is 0 Å². The summed E-state index contributed by atoms with van der Waals surface area (Å²) in [4.78, 5) is 4.39. The molecule has 6 heteroatoms. The van der Waals surface area contributed by atoms with Gasteiger partial charge in [0.1, 0.15) is 0 Å². The smallest absolute Gasteiger partial charge is 0.228 e. The van der Waals surface area contributed by atoms with Crippen LogP contribution >= 0.6 is 0 Å². The molecule has 0 radical (unpaired) electrons. The number of hydrogen-bond donors (Lipinski definition) is 2. The molecule has 0 aliphatic rings. The van der Waals surface area contributed by atoms with Gasteiger partial charge in [-0.05, 0) is 22.8 Å². The van der Waals surface area contributed by atoms with Crippen LogP contribution in [0.15, 0.2) is 67.0 Å². The lowest BCUT2D eigenvalue weighted by molar-refractivity contribution is 1.07. The third kappa shape index (κ3) is 3.01. The molecule has 0 bridgehead atoms. The number of rotatable bonds is 5. The lowest BCUT2D eigenvalue weighted by Crippen LogP contribution is -2.04. The molecule has 0 unspecified atom stereocenters. The van der Waals surface area contributed by atoms with E-state index in [4.69, 9.17) is 0 Å². The second-order valence-electron chi connectivity index (χ2n) is 5.66. The van der Waals surface area contributed by atoms with Crippen LogP contribution in [0.1, 0.15) is 5.56 Å². The minimum Gasteiger partial charge on any atom is -0.363 e. The van der Waals surface area contributed by atoms with Crippen LogP contribution in [-0.2, 0) is 6.54 Å². The van der Waals surface area contributed by atoms with E-state index in [0.717, 1.165) is 0 Å². The van der Waals surface area contributed by atoms with E-state index in [0.29, 0.717) is 24.0 Å². The summed E-state index contributed by atoms with van der Waals surface area (Å²) >= 11 is 0. The van der Waals surface area contributed by atoms with Gasteiger partial charge in [-0.15, -0.1) is 10.2 Å². The Hall–Kier alpha value is -3.41. The molecule has 2 aromatic heterocycles. The maximum atomic E-state index is 4.39. The van der Waals surface area contributed by atoms with Gasteiger partial charge in [0.25, 0.3) is 0 Å². The molecule has 0 fully saturated rings. The zero-order valence-electron chi connectivity index (χ0n) is 13.8. The highest BCUT2D eigenvalue weighted by Gasteiger charge is 2.09. The molecule has 6 nitrogen and oxygen atoms in total. The van der Waals surface area contributed by atoms with Crippen molar-refractivity contribution in [3.8, 4) is 11.1 Å². The van der Waals surface area contributed by atoms with Crippen LogP contribution in [0.25, 0.3) is 16.8 Å². The first-order chi connectivity index (χ1) is 12.3. The number of nitrogens with one attached hydrogen (secondary N) is 2. The number of aromatic nitrogens is 4. The first-order valence-electron chi connectivity index (χ1n) is 8.11. The molecular formula is C19H18N6. The molecule has 124 valence electrons. The highest BCUT2D eigenvalue weighted by atomic mass is 15.3. The fourth-order valence-corrected chi connectivity index (χ4v) is 2.80. The summed E-state index contributed by atoms with van der Waals surface area (Å²) in [6, 6.07) is 18.8. The summed E-state index contributed by atoms with van der Waals surface area (Å²) in [7, 11) is 1.82. The normalized spacial score (nSPS) is 10.8. The van der Waals surface area contributed by atoms with Crippen molar-refractivity contribution in [1.29, 1.82) is 0 Å². The van der Waals surface area contributed by atoms with E-state index in [2.05, 4.69) is 74.3 Å². The Bertz CT molecular complexity index is 993. The van der Waals surface area contributed by atoms with Gasteiger partial charge < -0.3 is 10.6 Å². The highest BCUT2D eigenvalue weighted by Crippen LogP contribution is 2.21. The van der Waals surface area contributed by atoms with Gasteiger partial charge in [0.2, 0.25) is 11.6 Å². The van der Waals surface area contributed by atoms with Crippen LogP contribution in [-0.4, -0.2) is 26.6 Å². The SMILES string of the molecule is CNc1nnc2c(NCc3cccc(-c4ccccc4)c3)nccn12. The van der Waals surface area contributed by atoms with Gasteiger partial charge in [-0.25, -0.2) is 4.98 Å². The topological polar surface area (TPSA) is 67.1 Å². The molecule has 2 N–H and O–H groups in total. The highest BCUT2D eigenvalue weighted by molar-refractivity contribution is 5.66. The van der Waals surface area contributed by atoms with Crippen molar-refractivity contribution in [2.45, 2.75) is 6.54 Å². The van der Waals surface area contributed by atoms with Gasteiger partial charge in [0.05, 0.1) is 0 Å². The van der Waals surface area contributed by atoms with Gasteiger partial charge in [-0.1, -0.05) is 48.5 Å². The minimum absolute atomic E-state index is 0.662. The van der Waals surface area contributed by atoms with Crippen LogP contribution in [0.5, 0.6) is 0 Å². The van der Waals surface area contributed by atoms with Gasteiger partial charge in [-0.2, -0.15) is 0 Å². The van der Waals surface area contributed by atoms with Gasteiger partial charge >= 0.3 is 0 Å². The quantitative estimate of drug-likeness (QED) is 0.587. The molecule has 0 spiro atoms. The fraction of sp³-hybridized carbons (Fsp3) is 0.105. The predicted octanol–water partition coefficient (Wildman–Crippen LogP) is 3.45. The summed E-state index contributed by atoms with van der Waals surface area (Å²) in [5.74, 6) is 1.40. The first kappa shape index (κ1) is 15.1. The van der Waals surface area contributed by atoms with Crippen molar-refractivity contribution in [1.82, 2.24) is 19.6 Å². The number of fused-ring (bicyclic) bond motifs is 1. The Kier molecular flexibility index (Phi) is 4.00. The van der Waals surface area contributed by atoms with E-state index in [1.165, 1.54) is 16.7 Å². The predicted molar refractivity (Wildman–Crippen MR) is 99.5 cm³/mol. The first-order valence-corrected chi connectivity index (χ1v) is 8.11. The summed E-state index contributed by atoms with van der Waals surface area (Å²) in [5.41, 5.74) is 4.29. The zero-order chi connectivity index (χ0) is 17.1. The third-order valence-corrected chi connectivity index (χ3v) is 4.04. The second-order valence-corrected chi connectivity index (χ2v) is 5.66. The van der Waals surface area contributed by atoms with Crippen molar-refractivity contribution >= 4 is 17.4 Å². The molecule has 0 aliphatic carbocycles. The lowest BCUT2D eigenvalue weighted by atomic mass is 10.0. The Balaban J connectivity index is 1.57. The zero-order valence-corrected chi connectivity index (χ0v) is 13.8. The van der Waals surface area contributed by atoms with E-state index in [9.17, 15) is 0 Å². The summed E-state index contributed by atoms with van der Waals surface area (Å²) in [6.45, 7) is 0.662. The van der Waals surface area contributed by atoms with Gasteiger partial charge in [0, 0.05) is 26.0 Å². The number of anilines is 2. The maximum Gasteiger partial charge on any atom is 0.228 e. The molecule has 0 atom stereocenters. The average Bonchev–Trinajstić information content (AvgIpc) is 3.11. The van der Waals surface area contributed by atoms with Crippen molar-refractivity contribution in [3.05, 3.63) is 72.6 Å². The third-order valence-electron chi connectivity index (χ3n) is 4.04. The van der Waals surface area contributed by atoms with E-state index in [-0.39, 0.29) is 0 Å². The molecule has 4 rings (SSSR count). The Morgan fingerprint density at radius 2 is 1.80 bits per heavy atom. The van der Waals surface area contributed by atoms with Crippen LogP contribution in [0, 0.1) is 0 Å². The summed E-state index contributed by atoms with van der Waals surface area (Å²) in [5, 5.41) is 14.7. The summed E-state index contributed by atoms with van der Waals surface area (Å²) < 4.78 is 1.87. The molecule has 2 aromatic carbocycles. The Labute approximate surface area is 145 Å². The summed E-state index contributed by atoms with van der Waals surface area (Å²) in [6.07, 6.45) is 3.57. The van der Waals surface area contributed by atoms with Crippen molar-refractivity contribution in [2.75, 3.05) is 17.7 Å². The monoisotopic (exact) mass is 330 g/mol. The fourth-order valence-electron chi connectivity index (χ4n) is 2.80. The minimum atomic E-state index is 0.662. The van der Waals surface area contributed by atoms with E-state index in [1.807, 2.05) is 23.7 Å². The van der Waals surface area contributed by atoms with Crippen molar-refractivity contribution < 1.29 is 0 Å². The van der Waals surface area contributed by atoms with Crippen LogP contribution in [0.2, 0.25) is 0 Å². The van der Waals surface area contributed by atoms with Crippen LogP contribution in [0.4, 0.5) is 11.8 Å². The molecule has 4 aromatic rings.